The van der Waals surface area contributed by atoms with Crippen molar-refractivity contribution in [2.75, 3.05) is 20.7 Å². The molecular formula is C28H33BrN2O10S. The van der Waals surface area contributed by atoms with Crippen LogP contribution in [-0.2, 0) is 38.5 Å². The summed E-state index contributed by atoms with van der Waals surface area (Å²) in [5.41, 5.74) is 0.280. The van der Waals surface area contributed by atoms with Gasteiger partial charge in [0.2, 0.25) is 0 Å². The van der Waals surface area contributed by atoms with Crippen LogP contribution >= 0.6 is 27.7 Å². The Kier molecular flexibility index (Phi) is 12.4. The summed E-state index contributed by atoms with van der Waals surface area (Å²) in [4.78, 5) is 46.6. The van der Waals surface area contributed by atoms with E-state index in [1.54, 1.807) is 18.7 Å². The number of thioether (sulfide) groups is 1. The molecule has 0 saturated heterocycles. The minimum Gasteiger partial charge on any atom is -0.506 e. The molecule has 0 spiro atoms. The van der Waals surface area contributed by atoms with Gasteiger partial charge in [-0.05, 0) is 55.1 Å². The number of aliphatic carboxylic acids is 3. The average molecular weight is 670 g/mol. The summed E-state index contributed by atoms with van der Waals surface area (Å²) in [5, 5.41) is 45.3. The Morgan fingerprint density at radius 1 is 1.05 bits per heavy atom. The molecule has 0 amide bonds. The SMILES string of the molecule is CCOC(=O)c1c(CSc2ccccc2)n(C)c2cc(Br)c(O)c(CN(C)C)c12.O=C(O)CC(O)(CC(=O)O)C(=O)O. The maximum atomic E-state index is 13.0. The highest BCUT2D eigenvalue weighted by atomic mass is 79.9. The number of hydrogen-bond acceptors (Lipinski definition) is 9. The summed E-state index contributed by atoms with van der Waals surface area (Å²) in [6, 6.07) is 12.0. The van der Waals surface area contributed by atoms with Crippen LogP contribution in [0.3, 0.4) is 0 Å². The molecule has 1 aromatic heterocycles. The number of benzene rings is 2. The van der Waals surface area contributed by atoms with Gasteiger partial charge in [0.25, 0.3) is 0 Å². The Balaban J connectivity index is 0.000000401. The second-order valence-corrected chi connectivity index (χ2v) is 11.4. The standard InChI is InChI=1S/C22H25BrN2O3S.C6H8O7/c1-5-28-22(27)20-18(13-29-14-9-7-6-8-10-14)25(4)17-11-16(23)21(26)15(19(17)20)12-24(2)3;7-3(8)1-6(13,5(11)12)2-4(9)10/h6-11,26H,5,12-13H2,1-4H3;13H,1-2H2,(H,7,8)(H,9,10)(H,11,12). The van der Waals surface area contributed by atoms with Crippen molar-refractivity contribution in [3.63, 3.8) is 0 Å². The number of esters is 1. The van der Waals surface area contributed by atoms with E-state index in [4.69, 9.17) is 25.2 Å². The second kappa shape index (κ2) is 15.0. The molecular weight excluding hydrogens is 636 g/mol. The lowest BCUT2D eigenvalue weighted by molar-refractivity contribution is -0.170. The van der Waals surface area contributed by atoms with E-state index in [1.165, 1.54) is 0 Å². The average Bonchev–Trinajstić information content (AvgIpc) is 3.16. The minimum atomic E-state index is -2.74. The molecule has 0 bridgehead atoms. The third-order valence-electron chi connectivity index (χ3n) is 6.00. The van der Waals surface area contributed by atoms with Crippen molar-refractivity contribution in [1.29, 1.82) is 0 Å². The Labute approximate surface area is 254 Å². The molecule has 1 heterocycles. The number of carbonyl (C=O) groups is 4. The van der Waals surface area contributed by atoms with Gasteiger partial charge in [-0.1, -0.05) is 18.2 Å². The van der Waals surface area contributed by atoms with Crippen molar-refractivity contribution < 1.29 is 49.4 Å². The minimum absolute atomic E-state index is 0.157. The lowest BCUT2D eigenvalue weighted by Gasteiger charge is -2.18. The molecule has 3 aromatic rings. The summed E-state index contributed by atoms with van der Waals surface area (Å²) in [7, 11) is 5.82. The summed E-state index contributed by atoms with van der Waals surface area (Å²) in [5.74, 6) is -4.61. The molecule has 0 aliphatic rings. The number of hydrogen-bond donors (Lipinski definition) is 5. The Morgan fingerprint density at radius 3 is 2.10 bits per heavy atom. The van der Waals surface area contributed by atoms with Gasteiger partial charge >= 0.3 is 23.9 Å². The van der Waals surface area contributed by atoms with E-state index >= 15 is 0 Å². The second-order valence-electron chi connectivity index (χ2n) is 9.50. The van der Waals surface area contributed by atoms with Gasteiger partial charge in [0, 0.05) is 40.9 Å². The van der Waals surface area contributed by atoms with Crippen molar-refractivity contribution in [2.45, 2.75) is 42.6 Å². The van der Waals surface area contributed by atoms with Gasteiger partial charge in [-0.3, -0.25) is 9.59 Å². The zero-order chi connectivity index (χ0) is 31.8. The van der Waals surface area contributed by atoms with Crippen molar-refractivity contribution in [3.05, 3.63) is 57.7 Å². The largest absolute Gasteiger partial charge is 0.506 e. The van der Waals surface area contributed by atoms with Crippen LogP contribution in [0, 0.1) is 0 Å². The fraction of sp³-hybridized carbons (Fsp3) is 0.357. The Bertz CT molecular complexity index is 1440. The number of aromatic nitrogens is 1. The van der Waals surface area contributed by atoms with E-state index in [-0.39, 0.29) is 11.7 Å². The van der Waals surface area contributed by atoms with Gasteiger partial charge in [-0.2, -0.15) is 0 Å². The maximum Gasteiger partial charge on any atom is 0.340 e. The molecule has 2 aromatic carbocycles. The fourth-order valence-corrected chi connectivity index (χ4v) is 5.57. The first kappa shape index (κ1) is 34.6. The number of aryl methyl sites for hydroxylation is 1. The number of carbonyl (C=O) groups excluding carboxylic acids is 1. The first-order chi connectivity index (χ1) is 19.6. The normalized spacial score (nSPS) is 11.2. The molecule has 0 atom stereocenters. The molecule has 0 saturated carbocycles. The number of aromatic hydroxyl groups is 1. The van der Waals surface area contributed by atoms with Gasteiger partial charge in [-0.15, -0.1) is 11.8 Å². The van der Waals surface area contributed by atoms with Gasteiger partial charge < -0.3 is 39.7 Å². The smallest absolute Gasteiger partial charge is 0.340 e. The molecule has 0 radical (unpaired) electrons. The highest BCUT2D eigenvalue weighted by Crippen LogP contribution is 2.41. The summed E-state index contributed by atoms with van der Waals surface area (Å²) in [6.45, 7) is 2.60. The molecule has 0 unspecified atom stereocenters. The van der Waals surface area contributed by atoms with Gasteiger partial charge in [0.15, 0.2) is 5.60 Å². The van der Waals surface area contributed by atoms with Crippen LogP contribution in [0.5, 0.6) is 5.75 Å². The van der Waals surface area contributed by atoms with E-state index in [1.807, 2.05) is 54.9 Å². The number of nitrogens with zero attached hydrogens (tertiary/aromatic N) is 2. The van der Waals surface area contributed by atoms with Gasteiger partial charge in [0.05, 0.1) is 35.0 Å². The number of halogens is 1. The summed E-state index contributed by atoms with van der Waals surface area (Å²) in [6.07, 6.45) is -2.29. The van der Waals surface area contributed by atoms with E-state index in [2.05, 4.69) is 28.1 Å². The van der Waals surface area contributed by atoms with Crippen molar-refractivity contribution >= 4 is 62.5 Å². The number of carboxylic acids is 3. The highest BCUT2D eigenvalue weighted by Gasteiger charge is 2.40. The maximum absolute atomic E-state index is 13.0. The van der Waals surface area contributed by atoms with Crippen LogP contribution in [0.25, 0.3) is 10.9 Å². The Hall–Kier alpha value is -3.59. The number of phenols is 1. The number of rotatable bonds is 12. The quantitative estimate of drug-likeness (QED) is 0.138. The van der Waals surface area contributed by atoms with E-state index in [0.717, 1.165) is 21.5 Å². The van der Waals surface area contributed by atoms with Crippen LogP contribution in [0.1, 0.15) is 41.4 Å². The van der Waals surface area contributed by atoms with Crippen LogP contribution < -0.4 is 0 Å². The number of carboxylic acid groups (broad SMARTS) is 3. The third-order valence-corrected chi connectivity index (χ3v) is 7.62. The van der Waals surface area contributed by atoms with Crippen LogP contribution in [-0.4, -0.2) is 85.2 Å². The molecule has 0 aliphatic heterocycles. The van der Waals surface area contributed by atoms with Crippen molar-refractivity contribution in [1.82, 2.24) is 9.47 Å². The highest BCUT2D eigenvalue weighted by molar-refractivity contribution is 9.10. The number of phenolic OH excluding ortho intramolecular Hbond substituents is 1. The lowest BCUT2D eigenvalue weighted by atomic mass is 9.96. The first-order valence-electron chi connectivity index (χ1n) is 12.5. The van der Waals surface area contributed by atoms with Crippen molar-refractivity contribution in [2.24, 2.45) is 7.05 Å². The molecule has 0 fully saturated rings. The molecule has 5 N–H and O–H groups in total. The van der Waals surface area contributed by atoms with Crippen LogP contribution in [0.4, 0.5) is 0 Å². The first-order valence-corrected chi connectivity index (χ1v) is 14.3. The zero-order valence-electron chi connectivity index (χ0n) is 23.5. The molecule has 228 valence electrons. The zero-order valence-corrected chi connectivity index (χ0v) is 25.9. The predicted octanol–water partition coefficient (Wildman–Crippen LogP) is 3.93. The molecule has 14 heteroatoms. The monoisotopic (exact) mass is 668 g/mol. The third kappa shape index (κ3) is 8.71. The Morgan fingerprint density at radius 2 is 1.62 bits per heavy atom. The van der Waals surface area contributed by atoms with Crippen LogP contribution in [0.15, 0.2) is 45.8 Å². The van der Waals surface area contributed by atoms with Gasteiger partial charge in [0.1, 0.15) is 5.75 Å². The van der Waals surface area contributed by atoms with Gasteiger partial charge in [-0.25, -0.2) is 9.59 Å². The van der Waals surface area contributed by atoms with E-state index < -0.39 is 36.4 Å². The number of fused-ring (bicyclic) bond motifs is 1. The lowest BCUT2D eigenvalue weighted by Crippen LogP contribution is -2.42. The summed E-state index contributed by atoms with van der Waals surface area (Å²) < 4.78 is 8.04. The van der Waals surface area contributed by atoms with E-state index in [9.17, 15) is 24.3 Å². The molecule has 42 heavy (non-hydrogen) atoms. The number of aliphatic hydroxyl groups is 1. The molecule has 3 rings (SSSR count). The fourth-order valence-electron chi connectivity index (χ4n) is 4.12. The number of ether oxygens (including phenoxy) is 1. The van der Waals surface area contributed by atoms with Crippen molar-refractivity contribution in [3.8, 4) is 5.75 Å². The van der Waals surface area contributed by atoms with Crippen LogP contribution in [0.2, 0.25) is 0 Å². The molecule has 0 aliphatic carbocycles. The topological polar surface area (TPSA) is 187 Å². The molecule has 12 nitrogen and oxygen atoms in total. The van der Waals surface area contributed by atoms with E-state index in [0.29, 0.717) is 34.5 Å². The summed E-state index contributed by atoms with van der Waals surface area (Å²) >= 11 is 5.13. The predicted molar refractivity (Wildman–Crippen MR) is 159 cm³/mol.